The molecule has 1 aliphatic carbocycles. The lowest BCUT2D eigenvalue weighted by Gasteiger charge is -2.25. The zero-order chi connectivity index (χ0) is 12.1. The van der Waals surface area contributed by atoms with Crippen molar-refractivity contribution in [2.75, 3.05) is 17.3 Å². The molecule has 0 aromatic carbocycles. The summed E-state index contributed by atoms with van der Waals surface area (Å²) in [6.45, 7) is 0.910. The van der Waals surface area contributed by atoms with Gasteiger partial charge in [0.25, 0.3) is 0 Å². The molecule has 0 bridgehead atoms. The highest BCUT2D eigenvalue weighted by atomic mass is 16.3. The van der Waals surface area contributed by atoms with Crippen molar-refractivity contribution in [1.29, 1.82) is 0 Å². The summed E-state index contributed by atoms with van der Waals surface area (Å²) in [7, 11) is 0. The Labute approximate surface area is 101 Å². The second-order valence-corrected chi connectivity index (χ2v) is 4.61. The molecule has 5 heteroatoms. The molecule has 1 aliphatic rings. The van der Waals surface area contributed by atoms with Crippen LogP contribution in [0.4, 0.5) is 11.6 Å². The minimum absolute atomic E-state index is 0.0888. The summed E-state index contributed by atoms with van der Waals surface area (Å²) in [4.78, 5) is 4.29. The van der Waals surface area contributed by atoms with Crippen molar-refractivity contribution >= 4 is 11.6 Å². The van der Waals surface area contributed by atoms with Crippen LogP contribution < -0.4 is 16.6 Å². The number of nitrogen functional groups attached to an aromatic ring is 1. The van der Waals surface area contributed by atoms with Crippen LogP contribution >= 0.6 is 0 Å². The van der Waals surface area contributed by atoms with Crippen LogP contribution in [0.3, 0.4) is 0 Å². The summed E-state index contributed by atoms with van der Waals surface area (Å²) < 4.78 is 0. The Morgan fingerprint density at radius 1 is 1.24 bits per heavy atom. The summed E-state index contributed by atoms with van der Waals surface area (Å²) in [6, 6.07) is 5.66. The van der Waals surface area contributed by atoms with Gasteiger partial charge in [-0.25, -0.2) is 10.8 Å². The van der Waals surface area contributed by atoms with E-state index >= 15 is 0 Å². The number of anilines is 2. The molecule has 1 saturated carbocycles. The van der Waals surface area contributed by atoms with Gasteiger partial charge >= 0.3 is 0 Å². The van der Waals surface area contributed by atoms with Crippen LogP contribution in [-0.4, -0.2) is 22.7 Å². The number of nitrogens with two attached hydrogens (primary N) is 1. The molecule has 1 aromatic rings. The summed E-state index contributed by atoms with van der Waals surface area (Å²) in [5.41, 5.74) is 2.53. The van der Waals surface area contributed by atoms with Crippen LogP contribution in [-0.2, 0) is 0 Å². The van der Waals surface area contributed by atoms with E-state index in [4.69, 9.17) is 5.84 Å². The van der Waals surface area contributed by atoms with Crippen LogP contribution in [0.1, 0.15) is 25.7 Å². The van der Waals surface area contributed by atoms with Gasteiger partial charge in [-0.05, 0) is 43.7 Å². The van der Waals surface area contributed by atoms with E-state index in [1.807, 2.05) is 18.2 Å². The van der Waals surface area contributed by atoms with E-state index < -0.39 is 0 Å². The molecule has 0 atom stereocenters. The standard InChI is InChI=1S/C12H20N4O/c13-16-12-3-1-2-11(15-12)14-8-9-4-6-10(17)7-5-9/h1-3,9-10,17H,4-8,13H2,(H2,14,15,16). The lowest BCUT2D eigenvalue weighted by atomic mass is 9.87. The van der Waals surface area contributed by atoms with Crippen LogP contribution in [0.25, 0.3) is 0 Å². The molecular formula is C12H20N4O. The highest BCUT2D eigenvalue weighted by Gasteiger charge is 2.18. The Morgan fingerprint density at radius 3 is 2.65 bits per heavy atom. The molecule has 0 spiro atoms. The first-order valence-electron chi connectivity index (χ1n) is 6.13. The minimum atomic E-state index is -0.0888. The molecule has 2 rings (SSSR count). The summed E-state index contributed by atoms with van der Waals surface area (Å²) in [6.07, 6.45) is 3.93. The van der Waals surface area contributed by atoms with Gasteiger partial charge in [-0.2, -0.15) is 0 Å². The molecule has 5 N–H and O–H groups in total. The summed E-state index contributed by atoms with van der Waals surface area (Å²) >= 11 is 0. The van der Waals surface area contributed by atoms with Crippen LogP contribution in [0, 0.1) is 5.92 Å². The third-order valence-electron chi connectivity index (χ3n) is 3.29. The molecule has 1 heterocycles. The number of nitrogens with zero attached hydrogens (tertiary/aromatic N) is 1. The van der Waals surface area contributed by atoms with Crippen molar-refractivity contribution in [3.05, 3.63) is 18.2 Å². The van der Waals surface area contributed by atoms with Gasteiger partial charge in [-0.1, -0.05) is 6.07 Å². The lowest BCUT2D eigenvalue weighted by molar-refractivity contribution is 0.111. The van der Waals surface area contributed by atoms with E-state index in [1.165, 1.54) is 0 Å². The third kappa shape index (κ3) is 3.57. The van der Waals surface area contributed by atoms with Gasteiger partial charge in [0, 0.05) is 6.54 Å². The number of hydrogen-bond acceptors (Lipinski definition) is 5. The molecule has 94 valence electrons. The number of rotatable bonds is 4. The molecule has 1 aromatic heterocycles. The van der Waals surface area contributed by atoms with E-state index in [1.54, 1.807) is 0 Å². The fourth-order valence-corrected chi connectivity index (χ4v) is 2.21. The third-order valence-corrected chi connectivity index (χ3v) is 3.29. The van der Waals surface area contributed by atoms with Gasteiger partial charge in [0.2, 0.25) is 0 Å². The van der Waals surface area contributed by atoms with E-state index in [0.29, 0.717) is 11.7 Å². The number of hydrazine groups is 1. The average molecular weight is 236 g/mol. The molecule has 0 aliphatic heterocycles. The van der Waals surface area contributed by atoms with E-state index in [-0.39, 0.29) is 6.10 Å². The largest absolute Gasteiger partial charge is 0.393 e. The van der Waals surface area contributed by atoms with Crippen molar-refractivity contribution in [2.24, 2.45) is 11.8 Å². The van der Waals surface area contributed by atoms with E-state index in [9.17, 15) is 5.11 Å². The van der Waals surface area contributed by atoms with Crippen molar-refractivity contribution in [1.82, 2.24) is 4.98 Å². The minimum Gasteiger partial charge on any atom is -0.393 e. The summed E-state index contributed by atoms with van der Waals surface area (Å²) in [5, 5.41) is 12.7. The smallest absolute Gasteiger partial charge is 0.142 e. The number of nitrogens with one attached hydrogen (secondary N) is 2. The fraction of sp³-hybridized carbons (Fsp3) is 0.583. The molecule has 5 nitrogen and oxygen atoms in total. The number of aliphatic hydroxyl groups is 1. The van der Waals surface area contributed by atoms with Gasteiger partial charge in [-0.3, -0.25) is 0 Å². The van der Waals surface area contributed by atoms with E-state index in [0.717, 1.165) is 38.0 Å². The molecule has 17 heavy (non-hydrogen) atoms. The van der Waals surface area contributed by atoms with Crippen LogP contribution in [0.5, 0.6) is 0 Å². The molecule has 0 amide bonds. The van der Waals surface area contributed by atoms with Crippen molar-refractivity contribution in [2.45, 2.75) is 31.8 Å². The Kier molecular flexibility index (Phi) is 4.17. The van der Waals surface area contributed by atoms with Crippen LogP contribution in [0.15, 0.2) is 18.2 Å². The first kappa shape index (κ1) is 12.1. The molecular weight excluding hydrogens is 216 g/mol. The number of aliphatic hydroxyl groups excluding tert-OH is 1. The van der Waals surface area contributed by atoms with Gasteiger partial charge in [-0.15, -0.1) is 0 Å². The van der Waals surface area contributed by atoms with Gasteiger partial charge in [0.15, 0.2) is 0 Å². The number of pyridine rings is 1. The predicted octanol–water partition coefficient (Wildman–Crippen LogP) is 1.33. The lowest BCUT2D eigenvalue weighted by Crippen LogP contribution is -2.23. The molecule has 0 radical (unpaired) electrons. The Hall–Kier alpha value is -1.33. The Balaban J connectivity index is 1.81. The SMILES string of the molecule is NNc1cccc(NCC2CCC(O)CC2)n1. The fourth-order valence-electron chi connectivity index (χ4n) is 2.21. The maximum atomic E-state index is 9.43. The molecule has 0 saturated heterocycles. The van der Waals surface area contributed by atoms with Gasteiger partial charge < -0.3 is 15.8 Å². The quantitative estimate of drug-likeness (QED) is 0.468. The highest BCUT2D eigenvalue weighted by molar-refractivity contribution is 5.44. The Bertz CT molecular complexity index is 350. The number of aromatic nitrogens is 1. The van der Waals surface area contributed by atoms with Crippen LogP contribution in [0.2, 0.25) is 0 Å². The van der Waals surface area contributed by atoms with Crippen molar-refractivity contribution in [3.8, 4) is 0 Å². The topological polar surface area (TPSA) is 83.2 Å². The normalized spacial score (nSPS) is 24.4. The predicted molar refractivity (Wildman–Crippen MR) is 68.5 cm³/mol. The zero-order valence-corrected chi connectivity index (χ0v) is 9.89. The first-order valence-corrected chi connectivity index (χ1v) is 6.13. The van der Waals surface area contributed by atoms with Crippen molar-refractivity contribution in [3.63, 3.8) is 0 Å². The summed E-state index contributed by atoms with van der Waals surface area (Å²) in [5.74, 6) is 7.44. The zero-order valence-electron chi connectivity index (χ0n) is 9.89. The van der Waals surface area contributed by atoms with Gasteiger partial charge in [0.05, 0.1) is 6.10 Å². The average Bonchev–Trinajstić information content (AvgIpc) is 2.38. The van der Waals surface area contributed by atoms with Gasteiger partial charge in [0.1, 0.15) is 11.6 Å². The maximum absolute atomic E-state index is 9.43. The molecule has 0 unspecified atom stereocenters. The Morgan fingerprint density at radius 2 is 1.94 bits per heavy atom. The van der Waals surface area contributed by atoms with Crippen molar-refractivity contribution < 1.29 is 5.11 Å². The number of hydrogen-bond donors (Lipinski definition) is 4. The second-order valence-electron chi connectivity index (χ2n) is 4.61. The maximum Gasteiger partial charge on any atom is 0.142 e. The molecule has 1 fully saturated rings. The van der Waals surface area contributed by atoms with E-state index in [2.05, 4.69) is 15.7 Å². The second kappa shape index (κ2) is 5.84. The monoisotopic (exact) mass is 236 g/mol. The highest BCUT2D eigenvalue weighted by Crippen LogP contribution is 2.24. The first-order chi connectivity index (χ1) is 8.28.